The van der Waals surface area contributed by atoms with Gasteiger partial charge < -0.3 is 35.4 Å². The Morgan fingerprint density at radius 1 is 0.910 bits per heavy atom. The number of carbonyl (C=O) groups excluding carboxylic acids is 4. The first kappa shape index (κ1) is 55.8. The molecule has 4 aromatic heterocycles. The van der Waals surface area contributed by atoms with E-state index in [2.05, 4.69) is 56.0 Å². The number of piperidine rings is 2. The third-order valence-electron chi connectivity index (χ3n) is 15.5. The van der Waals surface area contributed by atoms with E-state index < -0.39 is 32.5 Å². The highest BCUT2D eigenvalue weighted by Gasteiger charge is 2.42. The van der Waals surface area contributed by atoms with E-state index in [1.165, 1.54) is 41.9 Å². The van der Waals surface area contributed by atoms with Crippen LogP contribution in [0, 0.1) is 31.5 Å². The summed E-state index contributed by atoms with van der Waals surface area (Å²) >= 11 is 1.30. The normalized spacial score (nSPS) is 17.5. The molecule has 78 heavy (non-hydrogen) atoms. The number of nitrogens with one attached hydrogen (secondary N) is 4. The van der Waals surface area contributed by atoms with E-state index in [0.717, 1.165) is 56.5 Å². The minimum atomic E-state index is -3.83. The Balaban J connectivity index is 0.770. The Hall–Kier alpha value is -6.98. The molecule has 3 saturated heterocycles. The molecule has 3 fully saturated rings. The van der Waals surface area contributed by atoms with Gasteiger partial charge in [-0.3, -0.25) is 24.3 Å². The standard InChI is InChI=1S/C55H68FN13O7S2/c1-32-33(2)65-66-48(32)64-49-40-26-45(78(74,75)55(4,5)6)44(27-41(40)60-31-61-49)76-25-9-10-35-16-21-68(22-17-35)54-58-28-38(29-59-54)52(72)67-23-18-36(19-24-67)46(63-50(71)34(3)57-7)53(73)69-20-8-11-43(69)51-62-42(30-77-51)47(70)37-12-14-39(56)15-13-37/h12-15,26-31,34-36,43,46,57H,8-11,16-25H2,1-7H3,(H,63,71)(H2,60,61,64,65,66)/t34?,43-,46?/m0/s1. The minimum absolute atomic E-state index is 0.0822. The third-order valence-corrected chi connectivity index (χ3v) is 18.9. The number of H-pyrrole nitrogens is 1. The molecule has 6 aromatic rings. The molecular formula is C55H68FN13O7S2. The predicted octanol–water partition coefficient (Wildman–Crippen LogP) is 7.29. The molecule has 0 radical (unpaired) electrons. The van der Waals surface area contributed by atoms with E-state index in [1.54, 1.807) is 74.4 Å². The Morgan fingerprint density at radius 2 is 1.63 bits per heavy atom. The van der Waals surface area contributed by atoms with Gasteiger partial charge in [0.25, 0.3) is 5.91 Å². The van der Waals surface area contributed by atoms with E-state index in [0.29, 0.717) is 96.0 Å². The maximum absolute atomic E-state index is 14.6. The Labute approximate surface area is 457 Å². The quantitative estimate of drug-likeness (QED) is 0.0487. The van der Waals surface area contributed by atoms with Crippen LogP contribution >= 0.6 is 11.3 Å². The smallest absolute Gasteiger partial charge is 0.256 e. The van der Waals surface area contributed by atoms with E-state index >= 15 is 0 Å². The average Bonchev–Trinajstić information content (AvgIpc) is 4.26. The second kappa shape index (κ2) is 23.5. The number of aryl methyl sites for hydroxylation is 1. The summed E-state index contributed by atoms with van der Waals surface area (Å²) in [6, 6.07) is 6.82. The number of thiazole rings is 1. The van der Waals surface area contributed by atoms with Gasteiger partial charge in [0.2, 0.25) is 23.5 Å². The van der Waals surface area contributed by atoms with Crippen molar-refractivity contribution in [1.29, 1.82) is 0 Å². The fourth-order valence-electron chi connectivity index (χ4n) is 10.3. The van der Waals surface area contributed by atoms with Gasteiger partial charge in [-0.2, -0.15) is 5.10 Å². The van der Waals surface area contributed by atoms with Gasteiger partial charge in [0.05, 0.1) is 34.5 Å². The monoisotopic (exact) mass is 1110 g/mol. The van der Waals surface area contributed by atoms with Crippen LogP contribution in [-0.4, -0.2) is 140 Å². The van der Waals surface area contributed by atoms with Crippen LogP contribution in [0.15, 0.2) is 65.4 Å². The molecule has 3 amide bonds. The molecule has 9 rings (SSSR count). The number of fused-ring (bicyclic) bond motifs is 1. The molecule has 7 heterocycles. The van der Waals surface area contributed by atoms with E-state index in [1.807, 2.05) is 13.8 Å². The first-order chi connectivity index (χ1) is 37.3. The maximum atomic E-state index is 14.6. The van der Waals surface area contributed by atoms with Crippen molar-refractivity contribution in [2.75, 3.05) is 56.6 Å². The number of carbonyl (C=O) groups is 4. The predicted molar refractivity (Wildman–Crippen MR) is 294 cm³/mol. The second-order valence-corrected chi connectivity index (χ2v) is 25.1. The number of aromatic amines is 1. The van der Waals surface area contributed by atoms with Crippen LogP contribution in [0.25, 0.3) is 10.9 Å². The molecule has 2 aromatic carbocycles. The summed E-state index contributed by atoms with van der Waals surface area (Å²) in [7, 11) is -2.15. The molecule has 3 aliphatic rings. The number of sulfone groups is 1. The van der Waals surface area contributed by atoms with Crippen LogP contribution in [0.4, 0.5) is 22.0 Å². The molecule has 0 saturated carbocycles. The van der Waals surface area contributed by atoms with Crippen LogP contribution in [0.1, 0.15) is 128 Å². The average molecular weight is 1110 g/mol. The number of ether oxygens (including phenoxy) is 1. The topological polar surface area (TPSA) is 251 Å². The Bertz CT molecular complexity index is 3260. The van der Waals surface area contributed by atoms with Gasteiger partial charge >= 0.3 is 0 Å². The lowest BCUT2D eigenvalue weighted by atomic mass is 9.87. The number of anilines is 3. The number of rotatable bonds is 18. The summed E-state index contributed by atoms with van der Waals surface area (Å²) in [6.45, 7) is 13.6. The summed E-state index contributed by atoms with van der Waals surface area (Å²) in [6.07, 6.45) is 10.3. The molecule has 414 valence electrons. The zero-order chi connectivity index (χ0) is 55.5. The number of ketones is 1. The number of amides is 3. The molecule has 4 N–H and O–H groups in total. The first-order valence-electron chi connectivity index (χ1n) is 26.7. The number of hydrogen-bond acceptors (Lipinski definition) is 17. The van der Waals surface area contributed by atoms with E-state index in [4.69, 9.17) is 4.74 Å². The van der Waals surface area contributed by atoms with Gasteiger partial charge in [-0.05, 0) is 142 Å². The van der Waals surface area contributed by atoms with Crippen molar-refractivity contribution in [2.45, 2.75) is 121 Å². The molecule has 3 aliphatic heterocycles. The van der Waals surface area contributed by atoms with Crippen LogP contribution < -0.4 is 25.6 Å². The number of aromatic nitrogens is 7. The van der Waals surface area contributed by atoms with Crippen molar-refractivity contribution >= 4 is 73.2 Å². The summed E-state index contributed by atoms with van der Waals surface area (Å²) in [5.74, 6) is 0.498. The number of hydrogen-bond donors (Lipinski definition) is 4. The maximum Gasteiger partial charge on any atom is 0.256 e. The minimum Gasteiger partial charge on any atom is -0.492 e. The molecule has 3 atom stereocenters. The summed E-state index contributed by atoms with van der Waals surface area (Å²) < 4.78 is 46.7. The van der Waals surface area contributed by atoms with Crippen molar-refractivity contribution in [3.05, 3.63) is 99.4 Å². The lowest BCUT2D eigenvalue weighted by molar-refractivity contribution is -0.139. The molecule has 0 spiro atoms. The fraction of sp³-hybridized carbons (Fsp3) is 0.491. The van der Waals surface area contributed by atoms with Crippen LogP contribution in [0.2, 0.25) is 0 Å². The summed E-state index contributed by atoms with van der Waals surface area (Å²) in [5, 5.41) is 19.3. The molecule has 20 nitrogen and oxygen atoms in total. The summed E-state index contributed by atoms with van der Waals surface area (Å²) in [5.41, 5.74) is 3.28. The molecule has 2 unspecified atom stereocenters. The van der Waals surface area contributed by atoms with Gasteiger partial charge in [-0.15, -0.1) is 11.3 Å². The highest BCUT2D eigenvalue weighted by atomic mass is 32.2. The van der Waals surface area contributed by atoms with Crippen molar-refractivity contribution in [3.8, 4) is 5.75 Å². The van der Waals surface area contributed by atoms with Gasteiger partial charge in [0.1, 0.15) is 45.4 Å². The van der Waals surface area contributed by atoms with Crippen molar-refractivity contribution in [2.24, 2.45) is 11.8 Å². The van der Waals surface area contributed by atoms with Gasteiger partial charge in [0, 0.05) is 78.8 Å². The van der Waals surface area contributed by atoms with Crippen LogP contribution in [-0.2, 0) is 19.4 Å². The molecule has 0 aliphatic carbocycles. The first-order valence-corrected chi connectivity index (χ1v) is 29.0. The van der Waals surface area contributed by atoms with Gasteiger partial charge in [0.15, 0.2) is 15.7 Å². The number of likely N-dealkylation sites (N-methyl/N-ethyl adjacent to an activating group) is 1. The van der Waals surface area contributed by atoms with Crippen molar-refractivity contribution < 1.29 is 36.7 Å². The van der Waals surface area contributed by atoms with E-state index in [-0.39, 0.29) is 51.8 Å². The number of halogens is 1. The van der Waals surface area contributed by atoms with Crippen LogP contribution in [0.3, 0.4) is 0 Å². The zero-order valence-electron chi connectivity index (χ0n) is 45.1. The van der Waals surface area contributed by atoms with Gasteiger partial charge in [-0.25, -0.2) is 37.7 Å². The zero-order valence-corrected chi connectivity index (χ0v) is 46.8. The Kier molecular flexibility index (Phi) is 16.8. The number of benzene rings is 2. The second-order valence-electron chi connectivity index (χ2n) is 21.5. The highest BCUT2D eigenvalue weighted by molar-refractivity contribution is 7.92. The molecular weight excluding hydrogens is 1040 g/mol. The third kappa shape index (κ3) is 12.0. The summed E-state index contributed by atoms with van der Waals surface area (Å²) in [4.78, 5) is 83.5. The van der Waals surface area contributed by atoms with Gasteiger partial charge in [-0.1, -0.05) is 0 Å². The lowest BCUT2D eigenvalue weighted by Crippen LogP contribution is -2.57. The molecule has 0 bridgehead atoms. The highest BCUT2D eigenvalue weighted by Crippen LogP contribution is 2.39. The lowest BCUT2D eigenvalue weighted by Gasteiger charge is -2.38. The largest absolute Gasteiger partial charge is 0.492 e. The number of nitrogens with zero attached hydrogens (tertiary/aromatic N) is 9. The van der Waals surface area contributed by atoms with Crippen molar-refractivity contribution in [1.82, 2.24) is 55.6 Å². The molecule has 23 heteroatoms. The van der Waals surface area contributed by atoms with Crippen molar-refractivity contribution in [3.63, 3.8) is 0 Å². The van der Waals surface area contributed by atoms with E-state index in [9.17, 15) is 32.0 Å². The fourth-order valence-corrected chi connectivity index (χ4v) is 12.5. The Morgan fingerprint density at radius 3 is 2.29 bits per heavy atom. The van der Waals surface area contributed by atoms with Crippen LogP contribution in [0.5, 0.6) is 5.75 Å². The SMILES string of the molecule is CNC(C)C(=O)NC(C(=O)N1CCC[C@H]1c1nc(C(=O)c2ccc(F)cc2)cs1)C1CCN(C(=O)c2cnc(N3CCC(CCCOc4cc5ncnc(Nc6n[nH]c(C)c6C)c5cc4S(=O)(=O)C(C)(C)C)CC3)nc2)CC1. The number of likely N-dealkylation sites (tertiary alicyclic amines) is 2.